The van der Waals surface area contributed by atoms with Crippen LogP contribution in [0, 0.1) is 0 Å². The van der Waals surface area contributed by atoms with Crippen molar-refractivity contribution in [3.63, 3.8) is 0 Å². The van der Waals surface area contributed by atoms with Crippen molar-refractivity contribution in [2.45, 2.75) is 62.7 Å². The van der Waals surface area contributed by atoms with Crippen molar-refractivity contribution in [3.8, 4) is 22.4 Å². The number of carbonyl (C=O) groups excluding carboxylic acids is 4. The highest BCUT2D eigenvalue weighted by Gasteiger charge is 2.39. The van der Waals surface area contributed by atoms with Crippen LogP contribution in [0.5, 0.6) is 0 Å². The lowest BCUT2D eigenvalue weighted by Gasteiger charge is -2.37. The number of imidazole rings is 2. The van der Waals surface area contributed by atoms with Crippen LogP contribution in [0.4, 0.5) is 9.59 Å². The van der Waals surface area contributed by atoms with Crippen molar-refractivity contribution >= 4 is 45.8 Å². The minimum atomic E-state index is -0.861. The third kappa shape index (κ3) is 8.60. The summed E-state index contributed by atoms with van der Waals surface area (Å²) in [6.07, 6.45) is 16.7. The fraction of sp³-hybridized carbons (Fsp3) is 0.333. The molecule has 15 nitrogen and oxygen atoms in total. The highest BCUT2D eigenvalue weighted by molar-refractivity contribution is 5.93. The van der Waals surface area contributed by atoms with Gasteiger partial charge in [0, 0.05) is 18.7 Å². The number of methoxy groups -OCH3 is 2. The molecule has 2 aliphatic carbocycles. The summed E-state index contributed by atoms with van der Waals surface area (Å²) in [4.78, 5) is 73.0. The van der Waals surface area contributed by atoms with Gasteiger partial charge >= 0.3 is 12.2 Å². The normalized spacial score (nSPS) is 19.7. The van der Waals surface area contributed by atoms with E-state index in [4.69, 9.17) is 24.2 Å². The average molecular weight is 851 g/mol. The lowest BCUT2D eigenvalue weighted by Crippen LogP contribution is -2.53. The fourth-order valence-corrected chi connectivity index (χ4v) is 9.04. The Balaban J connectivity index is 0.915. The van der Waals surface area contributed by atoms with Gasteiger partial charge in [-0.3, -0.25) is 9.59 Å². The van der Waals surface area contributed by atoms with E-state index < -0.39 is 30.3 Å². The van der Waals surface area contributed by atoms with E-state index in [2.05, 4.69) is 63.1 Å². The van der Waals surface area contributed by atoms with Crippen molar-refractivity contribution in [1.29, 1.82) is 0 Å². The maximum atomic E-state index is 14.1. The number of ether oxygens (including phenoxy) is 3. The van der Waals surface area contributed by atoms with Crippen LogP contribution in [0.3, 0.4) is 0 Å². The summed E-state index contributed by atoms with van der Waals surface area (Å²) >= 11 is 0. The lowest BCUT2D eigenvalue weighted by molar-refractivity contribution is -0.141. The summed E-state index contributed by atoms with van der Waals surface area (Å²) in [7, 11) is 2.58. The van der Waals surface area contributed by atoms with E-state index >= 15 is 0 Å². The Kier molecular flexibility index (Phi) is 11.9. The summed E-state index contributed by atoms with van der Waals surface area (Å²) in [5.74, 6) is 0.919. The first-order chi connectivity index (χ1) is 30.8. The number of hydrogen-bond donors (Lipinski definition) is 4. The van der Waals surface area contributed by atoms with Gasteiger partial charge in [0.15, 0.2) is 0 Å². The van der Waals surface area contributed by atoms with E-state index in [1.165, 1.54) is 14.2 Å². The van der Waals surface area contributed by atoms with Crippen molar-refractivity contribution < 1.29 is 33.4 Å². The Morgan fingerprint density at radius 2 is 1.35 bits per heavy atom. The van der Waals surface area contributed by atoms with E-state index in [1.807, 2.05) is 59.7 Å². The van der Waals surface area contributed by atoms with Crippen LogP contribution in [-0.2, 0) is 23.8 Å². The fourth-order valence-electron chi connectivity index (χ4n) is 9.04. The first-order valence-electron chi connectivity index (χ1n) is 21.4. The molecule has 0 radical (unpaired) electrons. The van der Waals surface area contributed by atoms with Crippen LogP contribution in [-0.4, -0.2) is 106 Å². The number of amides is 4. The summed E-state index contributed by atoms with van der Waals surface area (Å²) in [5, 5.41) is 7.65. The molecule has 324 valence electrons. The number of aromatic amines is 2. The number of rotatable bonds is 10. The van der Waals surface area contributed by atoms with Crippen molar-refractivity contribution in [2.24, 2.45) is 0 Å². The van der Waals surface area contributed by atoms with Crippen LogP contribution in [0.15, 0.2) is 108 Å². The van der Waals surface area contributed by atoms with Crippen molar-refractivity contribution in [2.75, 3.05) is 40.5 Å². The molecule has 0 saturated carbocycles. The average Bonchev–Trinajstić information content (AvgIpc) is 4.13. The number of H-pyrrole nitrogens is 2. The maximum Gasteiger partial charge on any atom is 0.407 e. The number of alkyl carbamates (subject to hydrolysis) is 2. The van der Waals surface area contributed by atoms with Gasteiger partial charge < -0.3 is 44.6 Å². The molecule has 4 atom stereocenters. The number of benzene rings is 3. The molecule has 15 heteroatoms. The predicted octanol–water partition coefficient (Wildman–Crippen LogP) is 7.34. The molecule has 4 aliphatic rings. The minimum absolute atomic E-state index is 0.168. The van der Waals surface area contributed by atoms with E-state index in [0.717, 1.165) is 68.2 Å². The molecule has 4 N–H and O–H groups in total. The molecule has 63 heavy (non-hydrogen) atoms. The number of nitrogens with one attached hydrogen (secondary N) is 4. The largest absolute Gasteiger partial charge is 0.453 e. The third-order valence-electron chi connectivity index (χ3n) is 12.4. The number of likely N-dealkylation sites (tertiary alicyclic amines) is 1. The van der Waals surface area contributed by atoms with E-state index in [1.54, 1.807) is 4.90 Å². The molecule has 2 saturated heterocycles. The van der Waals surface area contributed by atoms with Gasteiger partial charge in [0.05, 0.1) is 56.4 Å². The van der Waals surface area contributed by atoms with Gasteiger partial charge in [-0.25, -0.2) is 19.6 Å². The smallest absolute Gasteiger partial charge is 0.407 e. The zero-order valence-corrected chi connectivity index (χ0v) is 35.3. The Morgan fingerprint density at radius 3 is 2.00 bits per heavy atom. The molecule has 2 aliphatic heterocycles. The summed E-state index contributed by atoms with van der Waals surface area (Å²) in [6.45, 7) is 1.56. The molecule has 5 aromatic rings. The number of morpholine rings is 1. The summed E-state index contributed by atoms with van der Waals surface area (Å²) < 4.78 is 15.6. The SMILES string of the molecule is COC(=O)NC(C(=O)N1CCC[C@H]1c1ncc(-c2ccc3cc(-c4ccc5nc([C@@H]6COCCN6C(=O)[C@H](NC(=O)OC)C6=CCC=CC6)[nH]c5c4)ccc3c2)[nH]1)C1=CCC=CC1. The topological polar surface area (TPSA) is 184 Å². The number of aromatic nitrogens is 4. The van der Waals surface area contributed by atoms with E-state index in [-0.39, 0.29) is 24.5 Å². The second-order valence-electron chi connectivity index (χ2n) is 16.1. The zero-order chi connectivity index (χ0) is 43.5. The molecule has 0 bridgehead atoms. The van der Waals surface area contributed by atoms with Crippen molar-refractivity contribution in [1.82, 2.24) is 40.4 Å². The summed E-state index contributed by atoms with van der Waals surface area (Å²) in [5.41, 5.74) is 7.13. The summed E-state index contributed by atoms with van der Waals surface area (Å²) in [6, 6.07) is 16.3. The quantitative estimate of drug-likeness (QED) is 0.105. The molecule has 3 aromatic carbocycles. The molecule has 9 rings (SSSR count). The van der Waals surface area contributed by atoms with E-state index in [0.29, 0.717) is 57.0 Å². The molecule has 2 fully saturated rings. The molecular weight excluding hydrogens is 801 g/mol. The number of nitrogens with zero attached hydrogens (tertiary/aromatic N) is 4. The predicted molar refractivity (Wildman–Crippen MR) is 237 cm³/mol. The van der Waals surface area contributed by atoms with Gasteiger partial charge in [0.2, 0.25) is 11.8 Å². The lowest BCUT2D eigenvalue weighted by atomic mass is 9.96. The van der Waals surface area contributed by atoms with Gasteiger partial charge in [0.25, 0.3) is 0 Å². The number of allylic oxidation sites excluding steroid dienone is 6. The Hall–Kier alpha value is -7.00. The molecule has 4 amide bonds. The van der Waals surface area contributed by atoms with Gasteiger partial charge in [-0.2, -0.15) is 0 Å². The standard InChI is InChI=1S/C48H50N8O7/c1-61-47(59)53-41(29-10-5-3-6-11-29)45(57)55-21-9-14-39(55)43-49-27-38(52-43)35-18-17-31-24-32(15-16-33(31)25-35)34-19-20-36-37(26-34)51-44(50-36)40-28-63-23-22-56(40)46(58)42(54-48(60)62-2)30-12-7-4-8-13-30/h3-5,7,11,13,15-20,24-27,39-42H,6,8-10,12,14,21-23,28H2,1-2H3,(H,49,52)(H,50,51)(H,53,59)(H,54,60)/t39-,40-,41?,42+/m0/s1. The number of carbonyl (C=O) groups is 4. The third-order valence-corrected chi connectivity index (χ3v) is 12.4. The second-order valence-corrected chi connectivity index (χ2v) is 16.1. The minimum Gasteiger partial charge on any atom is -0.453 e. The number of hydrogen-bond acceptors (Lipinski definition) is 9. The van der Waals surface area contributed by atoms with E-state index in [9.17, 15) is 19.2 Å². The Bertz CT molecular complexity index is 2690. The van der Waals surface area contributed by atoms with Gasteiger partial charge in [-0.1, -0.05) is 66.8 Å². The monoisotopic (exact) mass is 850 g/mol. The highest BCUT2D eigenvalue weighted by atomic mass is 16.5. The Morgan fingerprint density at radius 1 is 0.730 bits per heavy atom. The zero-order valence-electron chi connectivity index (χ0n) is 35.3. The van der Waals surface area contributed by atoms with Gasteiger partial charge in [-0.05, 0) is 95.8 Å². The molecule has 2 aromatic heterocycles. The molecular formula is C48H50N8O7. The first-order valence-corrected chi connectivity index (χ1v) is 21.4. The van der Waals surface area contributed by atoms with Crippen molar-refractivity contribution in [3.05, 3.63) is 120 Å². The number of fused-ring (bicyclic) bond motifs is 2. The second kappa shape index (κ2) is 18.2. The van der Waals surface area contributed by atoms with Crippen LogP contribution in [0.1, 0.15) is 62.3 Å². The molecule has 0 spiro atoms. The van der Waals surface area contributed by atoms with Crippen LogP contribution >= 0.6 is 0 Å². The van der Waals surface area contributed by atoms with Crippen LogP contribution in [0.2, 0.25) is 0 Å². The maximum absolute atomic E-state index is 14.1. The Labute approximate surface area is 364 Å². The molecule has 4 heterocycles. The molecule has 1 unspecified atom stereocenters. The van der Waals surface area contributed by atoms with Crippen LogP contribution in [0.25, 0.3) is 44.2 Å². The van der Waals surface area contributed by atoms with Gasteiger partial charge in [-0.15, -0.1) is 0 Å². The van der Waals surface area contributed by atoms with Crippen LogP contribution < -0.4 is 10.6 Å². The first kappa shape index (κ1) is 41.4. The highest BCUT2D eigenvalue weighted by Crippen LogP contribution is 2.35. The van der Waals surface area contributed by atoms with Gasteiger partial charge in [0.1, 0.15) is 29.8 Å².